The lowest BCUT2D eigenvalue weighted by Gasteiger charge is -2.30. The van der Waals surface area contributed by atoms with E-state index in [4.69, 9.17) is 5.11 Å². The number of hydrogen-bond donors (Lipinski definition) is 1. The lowest BCUT2D eigenvalue weighted by molar-refractivity contribution is -0.143. The van der Waals surface area contributed by atoms with E-state index in [-0.39, 0.29) is 11.8 Å². The molecular weight excluding hydrogens is 294 g/mol. The summed E-state index contributed by atoms with van der Waals surface area (Å²) in [4.78, 5) is 25.6. The van der Waals surface area contributed by atoms with Crippen molar-refractivity contribution < 1.29 is 14.7 Å². The zero-order valence-corrected chi connectivity index (χ0v) is 13.0. The zero-order chi connectivity index (χ0) is 16.4. The number of amides is 1. The van der Waals surface area contributed by atoms with Crippen LogP contribution in [0.5, 0.6) is 0 Å². The maximum atomic E-state index is 12.8. The van der Waals surface area contributed by atoms with Gasteiger partial charge in [-0.25, -0.2) is 0 Å². The van der Waals surface area contributed by atoms with Crippen LogP contribution in [0.2, 0.25) is 0 Å². The molecule has 3 rings (SSSR count). The highest BCUT2D eigenvalue weighted by Crippen LogP contribution is 2.25. The lowest BCUT2D eigenvalue weighted by atomic mass is 9.96. The van der Waals surface area contributed by atoms with Crippen LogP contribution in [0.15, 0.2) is 36.5 Å². The van der Waals surface area contributed by atoms with Gasteiger partial charge in [-0.1, -0.05) is 30.3 Å². The van der Waals surface area contributed by atoms with Gasteiger partial charge in [-0.15, -0.1) is 0 Å². The Hall–Kier alpha value is -2.63. The van der Waals surface area contributed by atoms with Crippen LogP contribution in [-0.2, 0) is 11.8 Å². The number of nitrogens with zero attached hydrogens (tertiary/aromatic N) is 3. The fourth-order valence-corrected chi connectivity index (χ4v) is 2.95. The highest BCUT2D eigenvalue weighted by Gasteiger charge is 2.29. The Balaban J connectivity index is 1.83. The van der Waals surface area contributed by atoms with Crippen LogP contribution in [0.4, 0.5) is 0 Å². The summed E-state index contributed by atoms with van der Waals surface area (Å²) >= 11 is 0. The third-order valence-electron chi connectivity index (χ3n) is 4.24. The number of hydrogen-bond acceptors (Lipinski definition) is 3. The third-order valence-corrected chi connectivity index (χ3v) is 4.24. The Labute approximate surface area is 134 Å². The molecule has 1 aromatic heterocycles. The summed E-state index contributed by atoms with van der Waals surface area (Å²) in [5.74, 6) is -1.20. The minimum absolute atomic E-state index is 0.0826. The molecule has 0 spiro atoms. The van der Waals surface area contributed by atoms with Crippen LogP contribution in [0, 0.1) is 5.92 Å². The Morgan fingerprint density at radius 2 is 1.83 bits per heavy atom. The van der Waals surface area contributed by atoms with E-state index in [1.54, 1.807) is 22.8 Å². The van der Waals surface area contributed by atoms with Gasteiger partial charge in [-0.3, -0.25) is 14.3 Å². The summed E-state index contributed by atoms with van der Waals surface area (Å²) in [6.45, 7) is 0.942. The minimum atomic E-state index is -0.775. The van der Waals surface area contributed by atoms with Gasteiger partial charge in [0.05, 0.1) is 11.5 Å². The maximum absolute atomic E-state index is 12.8. The monoisotopic (exact) mass is 313 g/mol. The molecule has 1 saturated heterocycles. The fourth-order valence-electron chi connectivity index (χ4n) is 2.95. The molecule has 120 valence electrons. The Morgan fingerprint density at radius 1 is 1.17 bits per heavy atom. The van der Waals surface area contributed by atoms with Crippen molar-refractivity contribution in [3.8, 4) is 11.3 Å². The molecule has 6 heteroatoms. The van der Waals surface area contributed by atoms with Crippen molar-refractivity contribution in [2.75, 3.05) is 13.1 Å². The van der Waals surface area contributed by atoms with Gasteiger partial charge in [0.25, 0.3) is 5.91 Å². The number of aliphatic carboxylic acids is 1. The van der Waals surface area contributed by atoms with E-state index in [1.165, 1.54) is 0 Å². The molecule has 0 bridgehead atoms. The average Bonchev–Trinajstić information content (AvgIpc) is 2.97. The molecule has 0 radical (unpaired) electrons. The van der Waals surface area contributed by atoms with Crippen molar-refractivity contribution in [3.05, 3.63) is 42.1 Å². The molecule has 0 atom stereocenters. The highest BCUT2D eigenvalue weighted by molar-refractivity contribution is 5.99. The van der Waals surface area contributed by atoms with E-state index in [0.29, 0.717) is 37.2 Å². The molecule has 1 N–H and O–H groups in total. The van der Waals surface area contributed by atoms with Gasteiger partial charge in [0.15, 0.2) is 0 Å². The van der Waals surface area contributed by atoms with Crippen molar-refractivity contribution in [1.82, 2.24) is 14.7 Å². The van der Waals surface area contributed by atoms with Gasteiger partial charge in [-0.05, 0) is 12.8 Å². The van der Waals surface area contributed by atoms with Crippen molar-refractivity contribution in [1.29, 1.82) is 0 Å². The number of aromatic nitrogens is 2. The summed E-state index contributed by atoms with van der Waals surface area (Å²) in [5, 5.41) is 13.5. The SMILES string of the molecule is Cn1cc(C(=O)N2CCC(C(=O)O)CC2)c(-c2ccccc2)n1. The van der Waals surface area contributed by atoms with Crippen LogP contribution in [-0.4, -0.2) is 44.8 Å². The molecule has 0 saturated carbocycles. The van der Waals surface area contributed by atoms with Gasteiger partial charge in [0.1, 0.15) is 5.69 Å². The second-order valence-electron chi connectivity index (χ2n) is 5.84. The van der Waals surface area contributed by atoms with Gasteiger partial charge in [0, 0.05) is 31.9 Å². The number of carbonyl (C=O) groups excluding carboxylic acids is 1. The first-order chi connectivity index (χ1) is 11.1. The molecule has 1 aliphatic heterocycles. The van der Waals surface area contributed by atoms with E-state index in [0.717, 1.165) is 5.56 Å². The first kappa shape index (κ1) is 15.3. The predicted octanol–water partition coefficient (Wildman–Crippen LogP) is 2.02. The predicted molar refractivity (Wildman–Crippen MR) is 84.9 cm³/mol. The normalized spacial score (nSPS) is 15.6. The van der Waals surface area contributed by atoms with E-state index in [1.807, 2.05) is 30.3 Å². The van der Waals surface area contributed by atoms with Crippen LogP contribution in [0.25, 0.3) is 11.3 Å². The van der Waals surface area contributed by atoms with Crippen LogP contribution in [0.3, 0.4) is 0 Å². The van der Waals surface area contributed by atoms with Crippen LogP contribution < -0.4 is 0 Å². The number of piperidine rings is 1. The van der Waals surface area contributed by atoms with E-state index in [9.17, 15) is 9.59 Å². The first-order valence-electron chi connectivity index (χ1n) is 7.67. The lowest BCUT2D eigenvalue weighted by Crippen LogP contribution is -2.40. The molecule has 23 heavy (non-hydrogen) atoms. The zero-order valence-electron chi connectivity index (χ0n) is 13.0. The van der Waals surface area contributed by atoms with Gasteiger partial charge in [-0.2, -0.15) is 5.10 Å². The molecule has 1 amide bonds. The Bertz CT molecular complexity index is 716. The smallest absolute Gasteiger partial charge is 0.306 e. The molecule has 1 aliphatic rings. The summed E-state index contributed by atoms with van der Waals surface area (Å²) in [5.41, 5.74) is 2.13. The maximum Gasteiger partial charge on any atom is 0.306 e. The molecule has 0 unspecified atom stereocenters. The van der Waals surface area contributed by atoms with Gasteiger partial charge >= 0.3 is 5.97 Å². The van der Waals surface area contributed by atoms with Crippen molar-refractivity contribution >= 4 is 11.9 Å². The quantitative estimate of drug-likeness (QED) is 0.940. The number of carboxylic acid groups (broad SMARTS) is 1. The van der Waals surface area contributed by atoms with Crippen LogP contribution in [0.1, 0.15) is 23.2 Å². The minimum Gasteiger partial charge on any atom is -0.481 e. The summed E-state index contributed by atoms with van der Waals surface area (Å²) < 4.78 is 1.64. The number of rotatable bonds is 3. The molecule has 2 heterocycles. The van der Waals surface area contributed by atoms with E-state index >= 15 is 0 Å². The van der Waals surface area contributed by atoms with Crippen molar-refractivity contribution in [2.24, 2.45) is 13.0 Å². The first-order valence-corrected chi connectivity index (χ1v) is 7.67. The summed E-state index contributed by atoms with van der Waals surface area (Å²) in [6.07, 6.45) is 2.73. The molecule has 6 nitrogen and oxygen atoms in total. The topological polar surface area (TPSA) is 75.4 Å². The summed E-state index contributed by atoms with van der Waals surface area (Å²) in [6, 6.07) is 9.60. The summed E-state index contributed by atoms with van der Waals surface area (Å²) in [7, 11) is 1.79. The number of carbonyl (C=O) groups is 2. The number of benzene rings is 1. The second-order valence-corrected chi connectivity index (χ2v) is 5.84. The van der Waals surface area contributed by atoms with E-state index in [2.05, 4.69) is 5.10 Å². The molecule has 0 aliphatic carbocycles. The van der Waals surface area contributed by atoms with Gasteiger partial charge < -0.3 is 10.0 Å². The average molecular weight is 313 g/mol. The second kappa shape index (κ2) is 6.24. The van der Waals surface area contributed by atoms with Gasteiger partial charge in [0.2, 0.25) is 0 Å². The molecule has 1 aromatic carbocycles. The molecule has 1 fully saturated rings. The molecular formula is C17H19N3O3. The molecule has 2 aromatic rings. The van der Waals surface area contributed by atoms with Crippen molar-refractivity contribution in [3.63, 3.8) is 0 Å². The fraction of sp³-hybridized carbons (Fsp3) is 0.353. The highest BCUT2D eigenvalue weighted by atomic mass is 16.4. The number of carboxylic acids is 1. The van der Waals surface area contributed by atoms with Crippen LogP contribution >= 0.6 is 0 Å². The number of aryl methyl sites for hydroxylation is 1. The third kappa shape index (κ3) is 3.11. The van der Waals surface area contributed by atoms with E-state index < -0.39 is 5.97 Å². The Morgan fingerprint density at radius 3 is 2.43 bits per heavy atom. The largest absolute Gasteiger partial charge is 0.481 e. The van der Waals surface area contributed by atoms with Crippen molar-refractivity contribution in [2.45, 2.75) is 12.8 Å². The standard InChI is InChI=1S/C17H19N3O3/c1-19-11-14(15(18-19)12-5-3-2-4-6-12)16(21)20-9-7-13(8-10-20)17(22)23/h2-6,11,13H,7-10H2,1H3,(H,22,23). The number of likely N-dealkylation sites (tertiary alicyclic amines) is 1. The Kier molecular flexibility index (Phi) is 4.14.